The Balaban J connectivity index is 1.73. The number of carbonyl (C=O) groups excluding carboxylic acids is 1. The van der Waals surface area contributed by atoms with Crippen molar-refractivity contribution in [1.29, 1.82) is 0 Å². The van der Waals surface area contributed by atoms with Gasteiger partial charge in [-0.05, 0) is 35.7 Å². The van der Waals surface area contributed by atoms with Crippen molar-refractivity contribution in [2.24, 2.45) is 5.92 Å². The summed E-state index contributed by atoms with van der Waals surface area (Å²) in [6.07, 6.45) is 2.32. The van der Waals surface area contributed by atoms with Crippen LogP contribution in [-0.4, -0.2) is 41.8 Å². The number of rotatable bonds is 6. The van der Waals surface area contributed by atoms with E-state index in [0.717, 1.165) is 22.0 Å². The van der Waals surface area contributed by atoms with Crippen molar-refractivity contribution in [3.05, 3.63) is 65.9 Å². The first-order valence-electron chi connectivity index (χ1n) is 9.75. The lowest BCUT2D eigenvalue weighted by Gasteiger charge is -2.27. The van der Waals surface area contributed by atoms with Gasteiger partial charge in [-0.15, -0.1) is 0 Å². The van der Waals surface area contributed by atoms with Crippen molar-refractivity contribution in [3.63, 3.8) is 0 Å². The second kappa shape index (κ2) is 7.84. The quantitative estimate of drug-likeness (QED) is 0.542. The third-order valence-corrected chi connectivity index (χ3v) is 5.94. The summed E-state index contributed by atoms with van der Waals surface area (Å²) in [4.78, 5) is 28.3. The number of esters is 1. The molecule has 7 nitrogen and oxygen atoms in total. The zero-order valence-electron chi connectivity index (χ0n) is 16.8. The standard InChI is InChI=1S/C23H24N2O5/c1-29-16-9-7-14(8-10-16)20-18(21(26)27)12-23(25-20,22(28)30-2)11-15-13-24-19-6-4-3-5-17(15)19/h3-10,13,18,20,24-25H,11-12H2,1-2H3,(H,26,27)/t18?,20-,23-/m1/s1. The molecule has 2 heterocycles. The van der Waals surface area contributed by atoms with Crippen LogP contribution in [0.4, 0.5) is 0 Å². The topological polar surface area (TPSA) is 101 Å². The van der Waals surface area contributed by atoms with Crippen molar-refractivity contribution in [2.45, 2.75) is 24.4 Å². The minimum Gasteiger partial charge on any atom is -0.497 e. The molecule has 0 spiro atoms. The molecule has 1 fully saturated rings. The van der Waals surface area contributed by atoms with E-state index in [-0.39, 0.29) is 6.42 Å². The molecular formula is C23H24N2O5. The summed E-state index contributed by atoms with van der Waals surface area (Å²) in [5, 5.41) is 14.2. The zero-order chi connectivity index (χ0) is 21.3. The Labute approximate surface area is 174 Å². The number of aromatic amines is 1. The SMILES string of the molecule is COC(=O)[C@@]1(Cc2c[nH]c3ccccc23)CC(C(=O)O)[C@@H](c2ccc(OC)cc2)N1. The predicted octanol–water partition coefficient (Wildman–Crippen LogP) is 3.07. The van der Waals surface area contributed by atoms with Gasteiger partial charge in [0.1, 0.15) is 11.3 Å². The van der Waals surface area contributed by atoms with Gasteiger partial charge in [0.05, 0.1) is 20.1 Å². The number of para-hydroxylation sites is 1. The molecule has 1 aliphatic rings. The van der Waals surface area contributed by atoms with Crippen LogP contribution in [0.5, 0.6) is 5.75 Å². The lowest BCUT2D eigenvalue weighted by Crippen LogP contribution is -2.50. The summed E-state index contributed by atoms with van der Waals surface area (Å²) in [7, 11) is 2.91. The van der Waals surface area contributed by atoms with Crippen LogP contribution in [0.25, 0.3) is 10.9 Å². The number of fused-ring (bicyclic) bond motifs is 1. The summed E-state index contributed by atoms with van der Waals surface area (Å²) < 4.78 is 10.3. The van der Waals surface area contributed by atoms with Crippen LogP contribution in [0.2, 0.25) is 0 Å². The van der Waals surface area contributed by atoms with Gasteiger partial charge in [-0.2, -0.15) is 0 Å². The molecule has 7 heteroatoms. The van der Waals surface area contributed by atoms with E-state index in [9.17, 15) is 14.7 Å². The minimum atomic E-state index is -1.15. The largest absolute Gasteiger partial charge is 0.497 e. The highest BCUT2D eigenvalue weighted by molar-refractivity contribution is 5.87. The molecule has 0 saturated carbocycles. The summed E-state index contributed by atoms with van der Waals surface area (Å²) >= 11 is 0. The Bertz CT molecular complexity index is 1070. The van der Waals surface area contributed by atoms with Gasteiger partial charge in [0.2, 0.25) is 0 Å². The first-order valence-corrected chi connectivity index (χ1v) is 9.75. The Hall–Kier alpha value is -3.32. The molecule has 4 rings (SSSR count). The maximum Gasteiger partial charge on any atom is 0.326 e. The highest BCUT2D eigenvalue weighted by Gasteiger charge is 2.53. The second-order valence-corrected chi connectivity index (χ2v) is 7.65. The van der Waals surface area contributed by atoms with Gasteiger partial charge in [0, 0.05) is 29.6 Å². The number of ether oxygens (including phenoxy) is 2. The van der Waals surface area contributed by atoms with Crippen molar-refractivity contribution in [3.8, 4) is 5.75 Å². The number of H-pyrrole nitrogens is 1. The Morgan fingerprint density at radius 1 is 1.13 bits per heavy atom. The van der Waals surface area contributed by atoms with Crippen LogP contribution in [0.3, 0.4) is 0 Å². The molecule has 3 N–H and O–H groups in total. The number of aromatic nitrogens is 1. The molecule has 30 heavy (non-hydrogen) atoms. The van der Waals surface area contributed by atoms with E-state index in [1.165, 1.54) is 7.11 Å². The molecule has 0 aliphatic carbocycles. The minimum absolute atomic E-state index is 0.130. The molecule has 1 unspecified atom stereocenters. The summed E-state index contributed by atoms with van der Waals surface area (Å²) in [5.74, 6) is -1.51. The highest BCUT2D eigenvalue weighted by atomic mass is 16.5. The number of hydrogen-bond acceptors (Lipinski definition) is 5. The molecule has 3 aromatic rings. The van der Waals surface area contributed by atoms with Gasteiger partial charge in [-0.3, -0.25) is 14.9 Å². The van der Waals surface area contributed by atoms with Crippen molar-refractivity contribution in [2.75, 3.05) is 14.2 Å². The molecule has 0 bridgehead atoms. The van der Waals surface area contributed by atoms with Gasteiger partial charge >= 0.3 is 11.9 Å². The third-order valence-electron chi connectivity index (χ3n) is 5.94. The maximum atomic E-state index is 12.9. The van der Waals surface area contributed by atoms with Crippen LogP contribution >= 0.6 is 0 Å². The number of carbonyl (C=O) groups is 2. The molecule has 2 aromatic carbocycles. The predicted molar refractivity (Wildman–Crippen MR) is 111 cm³/mol. The van der Waals surface area contributed by atoms with Gasteiger partial charge in [-0.25, -0.2) is 0 Å². The number of nitrogens with one attached hydrogen (secondary N) is 2. The second-order valence-electron chi connectivity index (χ2n) is 7.65. The van der Waals surface area contributed by atoms with E-state index >= 15 is 0 Å². The van der Waals surface area contributed by atoms with E-state index in [2.05, 4.69) is 10.3 Å². The van der Waals surface area contributed by atoms with Gasteiger partial charge < -0.3 is 19.6 Å². The average molecular weight is 408 g/mol. The lowest BCUT2D eigenvalue weighted by molar-refractivity contribution is -0.148. The van der Waals surface area contributed by atoms with Crippen molar-refractivity contribution >= 4 is 22.8 Å². The van der Waals surface area contributed by atoms with Gasteiger partial charge in [0.25, 0.3) is 0 Å². The lowest BCUT2D eigenvalue weighted by atomic mass is 9.85. The molecule has 156 valence electrons. The molecule has 3 atom stereocenters. The molecule has 1 aliphatic heterocycles. The normalized spacial score (nSPS) is 23.4. The highest BCUT2D eigenvalue weighted by Crippen LogP contribution is 2.42. The van der Waals surface area contributed by atoms with Crippen LogP contribution in [0.15, 0.2) is 54.7 Å². The fraction of sp³-hybridized carbons (Fsp3) is 0.304. The van der Waals surface area contributed by atoms with E-state index in [1.807, 2.05) is 42.6 Å². The number of benzene rings is 2. The van der Waals surface area contributed by atoms with Gasteiger partial charge in [0.15, 0.2) is 0 Å². The first kappa shape index (κ1) is 20.0. The fourth-order valence-electron chi connectivity index (χ4n) is 4.44. The van der Waals surface area contributed by atoms with Crippen LogP contribution < -0.4 is 10.1 Å². The molecule has 0 amide bonds. The van der Waals surface area contributed by atoms with Gasteiger partial charge in [-0.1, -0.05) is 30.3 Å². The zero-order valence-corrected chi connectivity index (χ0v) is 16.8. The number of aliphatic carboxylic acids is 1. The van der Waals surface area contributed by atoms with Crippen LogP contribution in [0, 0.1) is 5.92 Å². The van der Waals surface area contributed by atoms with Crippen LogP contribution in [0.1, 0.15) is 23.6 Å². The van der Waals surface area contributed by atoms with Crippen molar-refractivity contribution < 1.29 is 24.2 Å². The van der Waals surface area contributed by atoms with Crippen LogP contribution in [-0.2, 0) is 20.7 Å². The molecule has 1 aromatic heterocycles. The summed E-state index contributed by atoms with van der Waals surface area (Å²) in [6, 6.07) is 14.5. The fourth-order valence-corrected chi connectivity index (χ4v) is 4.44. The molecular weight excluding hydrogens is 384 g/mol. The number of hydrogen-bond donors (Lipinski definition) is 3. The Morgan fingerprint density at radius 3 is 2.53 bits per heavy atom. The van der Waals surface area contributed by atoms with E-state index < -0.39 is 29.4 Å². The first-order chi connectivity index (χ1) is 14.5. The Morgan fingerprint density at radius 2 is 1.87 bits per heavy atom. The van der Waals surface area contributed by atoms with E-state index in [4.69, 9.17) is 9.47 Å². The number of carboxylic acid groups (broad SMARTS) is 1. The van der Waals surface area contributed by atoms with E-state index in [1.54, 1.807) is 19.2 Å². The molecule has 1 saturated heterocycles. The monoisotopic (exact) mass is 408 g/mol. The summed E-state index contributed by atoms with van der Waals surface area (Å²) in [5.41, 5.74) is 1.54. The number of carboxylic acids is 1. The summed E-state index contributed by atoms with van der Waals surface area (Å²) in [6.45, 7) is 0. The molecule has 0 radical (unpaired) electrons. The maximum absolute atomic E-state index is 12.9. The smallest absolute Gasteiger partial charge is 0.326 e. The van der Waals surface area contributed by atoms with E-state index in [0.29, 0.717) is 12.2 Å². The third kappa shape index (κ3) is 3.41. The number of methoxy groups -OCH3 is 2. The Kier molecular flexibility index (Phi) is 5.22. The van der Waals surface area contributed by atoms with Crippen molar-refractivity contribution in [1.82, 2.24) is 10.3 Å². The average Bonchev–Trinajstić information content (AvgIpc) is 3.36.